The van der Waals surface area contributed by atoms with E-state index in [1.54, 1.807) is 7.11 Å². The van der Waals surface area contributed by atoms with Crippen molar-refractivity contribution >= 4 is 0 Å². The molecule has 21 heavy (non-hydrogen) atoms. The van der Waals surface area contributed by atoms with Crippen molar-refractivity contribution in [2.45, 2.75) is 31.7 Å². The maximum Gasteiger partial charge on any atom is 0.118 e. The van der Waals surface area contributed by atoms with Gasteiger partial charge in [0.25, 0.3) is 0 Å². The molecule has 0 amide bonds. The molecule has 0 saturated carbocycles. The van der Waals surface area contributed by atoms with Gasteiger partial charge in [-0.3, -0.25) is 0 Å². The van der Waals surface area contributed by atoms with Crippen molar-refractivity contribution in [2.75, 3.05) is 20.2 Å². The molecule has 0 spiro atoms. The Labute approximate surface area is 126 Å². The van der Waals surface area contributed by atoms with Gasteiger partial charge in [-0.2, -0.15) is 0 Å². The molecular weight excluding hydrogens is 262 g/mol. The minimum absolute atomic E-state index is 0.287. The van der Waals surface area contributed by atoms with Crippen molar-refractivity contribution in [3.63, 3.8) is 0 Å². The van der Waals surface area contributed by atoms with Gasteiger partial charge < -0.3 is 14.6 Å². The number of imidazole rings is 1. The molecular formula is C17H23N3O. The number of hydrogen-bond donors (Lipinski definition) is 1. The van der Waals surface area contributed by atoms with Crippen molar-refractivity contribution in [3.05, 3.63) is 48.0 Å². The molecule has 2 atom stereocenters. The van der Waals surface area contributed by atoms with Crippen LogP contribution in [0.2, 0.25) is 0 Å². The van der Waals surface area contributed by atoms with E-state index in [-0.39, 0.29) is 6.04 Å². The van der Waals surface area contributed by atoms with Crippen LogP contribution in [0, 0.1) is 0 Å². The summed E-state index contributed by atoms with van der Waals surface area (Å²) in [5.41, 5.74) is 2.62. The van der Waals surface area contributed by atoms with Gasteiger partial charge in [-0.05, 0) is 44.0 Å². The van der Waals surface area contributed by atoms with Gasteiger partial charge >= 0.3 is 0 Å². The molecule has 0 radical (unpaired) electrons. The fourth-order valence-electron chi connectivity index (χ4n) is 3.10. The highest BCUT2D eigenvalue weighted by Crippen LogP contribution is 2.28. The molecule has 1 fully saturated rings. The summed E-state index contributed by atoms with van der Waals surface area (Å²) < 4.78 is 7.54. The van der Waals surface area contributed by atoms with E-state index in [1.165, 1.54) is 24.1 Å². The zero-order valence-corrected chi connectivity index (χ0v) is 12.7. The first-order valence-electron chi connectivity index (χ1n) is 7.66. The third kappa shape index (κ3) is 2.95. The molecule has 4 heteroatoms. The molecule has 3 rings (SSSR count). The number of hydrogen-bond acceptors (Lipinski definition) is 3. The Hall–Kier alpha value is -1.81. The van der Waals surface area contributed by atoms with Gasteiger partial charge in [-0.25, -0.2) is 4.98 Å². The second kappa shape index (κ2) is 6.31. The van der Waals surface area contributed by atoms with Crippen molar-refractivity contribution < 1.29 is 4.74 Å². The Morgan fingerprint density at radius 1 is 1.33 bits per heavy atom. The standard InChI is InChI=1S/C17H23N3O/c1-13(14-5-7-16(21-2)8-6-14)20-12-19-11-17(20)15-4-3-9-18-10-15/h5-8,11-13,15,18H,3-4,9-10H2,1-2H3. The summed E-state index contributed by atoms with van der Waals surface area (Å²) in [5.74, 6) is 1.47. The zero-order chi connectivity index (χ0) is 14.7. The van der Waals surface area contributed by atoms with Gasteiger partial charge in [0, 0.05) is 24.4 Å². The van der Waals surface area contributed by atoms with E-state index < -0.39 is 0 Å². The van der Waals surface area contributed by atoms with Crippen molar-refractivity contribution in [1.82, 2.24) is 14.9 Å². The van der Waals surface area contributed by atoms with Crippen LogP contribution in [0.5, 0.6) is 5.75 Å². The molecule has 1 aromatic carbocycles. The molecule has 1 aliphatic heterocycles. The number of nitrogens with zero attached hydrogens (tertiary/aromatic N) is 2. The lowest BCUT2D eigenvalue weighted by atomic mass is 9.95. The lowest BCUT2D eigenvalue weighted by Crippen LogP contribution is -2.30. The molecule has 2 heterocycles. The Bertz CT molecular complexity index is 570. The van der Waals surface area contributed by atoms with Crippen LogP contribution in [0.25, 0.3) is 0 Å². The van der Waals surface area contributed by atoms with Gasteiger partial charge in [0.2, 0.25) is 0 Å². The molecule has 0 aliphatic carbocycles. The molecule has 2 aromatic rings. The quantitative estimate of drug-likeness (QED) is 0.938. The zero-order valence-electron chi connectivity index (χ0n) is 12.7. The van der Waals surface area contributed by atoms with Crippen molar-refractivity contribution in [3.8, 4) is 5.75 Å². The normalized spacial score (nSPS) is 20.2. The number of rotatable bonds is 4. The average molecular weight is 285 g/mol. The highest BCUT2D eigenvalue weighted by atomic mass is 16.5. The number of aromatic nitrogens is 2. The molecule has 0 bridgehead atoms. The minimum atomic E-state index is 0.287. The van der Waals surface area contributed by atoms with Crippen LogP contribution in [-0.2, 0) is 0 Å². The predicted molar refractivity (Wildman–Crippen MR) is 83.9 cm³/mol. The van der Waals surface area contributed by atoms with E-state index in [9.17, 15) is 0 Å². The highest BCUT2D eigenvalue weighted by Gasteiger charge is 2.21. The summed E-state index contributed by atoms with van der Waals surface area (Å²) in [6, 6.07) is 8.59. The fourth-order valence-corrected chi connectivity index (χ4v) is 3.10. The first-order chi connectivity index (χ1) is 10.3. The van der Waals surface area contributed by atoms with E-state index in [4.69, 9.17) is 4.74 Å². The predicted octanol–water partition coefficient (Wildman–Crippen LogP) is 2.97. The van der Waals surface area contributed by atoms with Gasteiger partial charge in [-0.1, -0.05) is 12.1 Å². The lowest BCUT2D eigenvalue weighted by molar-refractivity contribution is 0.414. The van der Waals surface area contributed by atoms with Gasteiger partial charge in [0.1, 0.15) is 5.75 Å². The van der Waals surface area contributed by atoms with E-state index in [0.717, 1.165) is 18.8 Å². The van der Waals surface area contributed by atoms with E-state index in [1.807, 2.05) is 24.7 Å². The summed E-state index contributed by atoms with van der Waals surface area (Å²) in [4.78, 5) is 4.39. The number of benzene rings is 1. The van der Waals surface area contributed by atoms with Gasteiger partial charge in [-0.15, -0.1) is 0 Å². The number of methoxy groups -OCH3 is 1. The van der Waals surface area contributed by atoms with Crippen LogP contribution in [0.15, 0.2) is 36.8 Å². The number of piperidine rings is 1. The van der Waals surface area contributed by atoms with E-state index >= 15 is 0 Å². The summed E-state index contributed by atoms with van der Waals surface area (Å²) >= 11 is 0. The molecule has 4 nitrogen and oxygen atoms in total. The van der Waals surface area contributed by atoms with Crippen LogP contribution < -0.4 is 10.1 Å². The van der Waals surface area contributed by atoms with E-state index in [2.05, 4.69) is 33.9 Å². The van der Waals surface area contributed by atoms with Gasteiger partial charge in [0.15, 0.2) is 0 Å². The summed E-state index contributed by atoms with van der Waals surface area (Å²) in [6.07, 6.45) is 6.47. The summed E-state index contributed by atoms with van der Waals surface area (Å²) in [6.45, 7) is 4.42. The van der Waals surface area contributed by atoms with Crippen molar-refractivity contribution in [1.29, 1.82) is 0 Å². The van der Waals surface area contributed by atoms with Crippen molar-refractivity contribution in [2.24, 2.45) is 0 Å². The maximum atomic E-state index is 5.23. The second-order valence-electron chi connectivity index (χ2n) is 5.72. The fraction of sp³-hybridized carbons (Fsp3) is 0.471. The van der Waals surface area contributed by atoms with Crippen LogP contribution in [0.1, 0.15) is 43.0 Å². The molecule has 1 aromatic heterocycles. The Balaban J connectivity index is 1.83. The third-order valence-electron chi connectivity index (χ3n) is 4.43. The molecule has 1 saturated heterocycles. The smallest absolute Gasteiger partial charge is 0.118 e. The lowest BCUT2D eigenvalue weighted by Gasteiger charge is -2.26. The van der Waals surface area contributed by atoms with Gasteiger partial charge in [0.05, 0.1) is 19.5 Å². The minimum Gasteiger partial charge on any atom is -0.497 e. The van der Waals surface area contributed by atoms with Crippen LogP contribution in [-0.4, -0.2) is 29.8 Å². The Morgan fingerprint density at radius 3 is 2.81 bits per heavy atom. The Morgan fingerprint density at radius 2 is 2.14 bits per heavy atom. The monoisotopic (exact) mass is 285 g/mol. The second-order valence-corrected chi connectivity index (χ2v) is 5.72. The maximum absolute atomic E-state index is 5.23. The molecule has 1 aliphatic rings. The molecule has 2 unspecified atom stereocenters. The Kier molecular flexibility index (Phi) is 4.25. The number of ether oxygens (including phenoxy) is 1. The van der Waals surface area contributed by atoms with Crippen LogP contribution in [0.4, 0.5) is 0 Å². The number of nitrogens with one attached hydrogen (secondary N) is 1. The summed E-state index contributed by atoms with van der Waals surface area (Å²) in [5, 5.41) is 3.49. The molecule has 1 N–H and O–H groups in total. The average Bonchev–Trinajstić information content (AvgIpc) is 3.04. The first-order valence-corrected chi connectivity index (χ1v) is 7.66. The summed E-state index contributed by atoms with van der Waals surface area (Å²) in [7, 11) is 1.70. The topological polar surface area (TPSA) is 39.1 Å². The first kappa shape index (κ1) is 14.1. The van der Waals surface area contributed by atoms with Crippen LogP contribution in [0.3, 0.4) is 0 Å². The largest absolute Gasteiger partial charge is 0.497 e. The van der Waals surface area contributed by atoms with Crippen LogP contribution >= 0.6 is 0 Å². The molecule has 112 valence electrons. The SMILES string of the molecule is COc1ccc(C(C)n2cncc2C2CCCNC2)cc1. The van der Waals surface area contributed by atoms with E-state index in [0.29, 0.717) is 5.92 Å². The third-order valence-corrected chi connectivity index (χ3v) is 4.43. The highest BCUT2D eigenvalue weighted by molar-refractivity contribution is 5.30.